The van der Waals surface area contributed by atoms with Gasteiger partial charge < -0.3 is 5.73 Å². The molecule has 14 heavy (non-hydrogen) atoms. The summed E-state index contributed by atoms with van der Waals surface area (Å²) in [7, 11) is 0. The molecule has 1 nitrogen and oxygen atoms in total. The van der Waals surface area contributed by atoms with Crippen LogP contribution in [0.4, 0.5) is 23.2 Å². The standard InChI is InChI=1S/C9H9F4N/c1-3(2)4-5(10)7(12)9(14)8(13)6(4)11/h3H,14H2,1-2H3. The maximum atomic E-state index is 13.1. The van der Waals surface area contributed by atoms with Crippen molar-refractivity contribution >= 4 is 5.69 Å². The zero-order valence-corrected chi connectivity index (χ0v) is 7.67. The van der Waals surface area contributed by atoms with Gasteiger partial charge in [-0.25, -0.2) is 17.6 Å². The number of nitrogens with two attached hydrogens (primary N) is 1. The van der Waals surface area contributed by atoms with E-state index in [1.165, 1.54) is 13.8 Å². The summed E-state index contributed by atoms with van der Waals surface area (Å²) in [6.07, 6.45) is 0. The molecule has 0 aromatic heterocycles. The van der Waals surface area contributed by atoms with Crippen molar-refractivity contribution < 1.29 is 17.6 Å². The highest BCUT2D eigenvalue weighted by Crippen LogP contribution is 2.30. The Morgan fingerprint density at radius 2 is 1.21 bits per heavy atom. The number of nitrogen functional groups attached to an aromatic ring is 1. The third kappa shape index (κ3) is 1.42. The number of rotatable bonds is 1. The van der Waals surface area contributed by atoms with Gasteiger partial charge in [0.05, 0.1) is 0 Å². The van der Waals surface area contributed by atoms with E-state index in [0.717, 1.165) is 0 Å². The van der Waals surface area contributed by atoms with Gasteiger partial charge in [0.15, 0.2) is 23.3 Å². The molecular weight excluding hydrogens is 198 g/mol. The topological polar surface area (TPSA) is 26.0 Å². The van der Waals surface area contributed by atoms with Gasteiger partial charge in [-0.2, -0.15) is 0 Å². The fraction of sp³-hybridized carbons (Fsp3) is 0.333. The Morgan fingerprint density at radius 1 is 0.857 bits per heavy atom. The minimum Gasteiger partial charge on any atom is -0.394 e. The molecule has 0 atom stereocenters. The van der Waals surface area contributed by atoms with Crippen LogP contribution in [0.3, 0.4) is 0 Å². The van der Waals surface area contributed by atoms with E-state index >= 15 is 0 Å². The molecule has 0 radical (unpaired) electrons. The summed E-state index contributed by atoms with van der Waals surface area (Å²) in [5.74, 6) is -6.56. The van der Waals surface area contributed by atoms with Crippen LogP contribution in [0.2, 0.25) is 0 Å². The first-order chi connectivity index (χ1) is 6.37. The molecule has 0 saturated carbocycles. The van der Waals surface area contributed by atoms with Crippen molar-refractivity contribution in [2.45, 2.75) is 19.8 Å². The zero-order chi connectivity index (χ0) is 11.0. The molecule has 2 N–H and O–H groups in total. The zero-order valence-electron chi connectivity index (χ0n) is 7.67. The second kappa shape index (κ2) is 3.48. The SMILES string of the molecule is CC(C)c1c(F)c(F)c(N)c(F)c1F. The van der Waals surface area contributed by atoms with E-state index in [4.69, 9.17) is 5.73 Å². The molecule has 0 spiro atoms. The van der Waals surface area contributed by atoms with E-state index in [0.29, 0.717) is 0 Å². The summed E-state index contributed by atoms with van der Waals surface area (Å²) in [4.78, 5) is 0. The van der Waals surface area contributed by atoms with Gasteiger partial charge in [0.2, 0.25) is 0 Å². The predicted octanol–water partition coefficient (Wildman–Crippen LogP) is 2.95. The van der Waals surface area contributed by atoms with Crippen molar-refractivity contribution in [2.24, 2.45) is 0 Å². The quantitative estimate of drug-likeness (QED) is 0.427. The van der Waals surface area contributed by atoms with Crippen LogP contribution in [-0.4, -0.2) is 0 Å². The maximum absolute atomic E-state index is 13.1. The largest absolute Gasteiger partial charge is 0.394 e. The van der Waals surface area contributed by atoms with E-state index in [-0.39, 0.29) is 0 Å². The second-order valence-electron chi connectivity index (χ2n) is 3.24. The lowest BCUT2D eigenvalue weighted by molar-refractivity contribution is 0.438. The van der Waals surface area contributed by atoms with Gasteiger partial charge in [0.25, 0.3) is 0 Å². The molecular formula is C9H9F4N. The Kier molecular flexibility index (Phi) is 2.69. The Morgan fingerprint density at radius 3 is 1.50 bits per heavy atom. The highest BCUT2D eigenvalue weighted by atomic mass is 19.2. The molecule has 0 heterocycles. The van der Waals surface area contributed by atoms with Crippen molar-refractivity contribution in [1.29, 1.82) is 0 Å². The summed E-state index contributed by atoms with van der Waals surface area (Å²) >= 11 is 0. The second-order valence-corrected chi connectivity index (χ2v) is 3.24. The van der Waals surface area contributed by atoms with Gasteiger partial charge >= 0.3 is 0 Å². The first-order valence-corrected chi connectivity index (χ1v) is 3.99. The molecule has 0 aliphatic carbocycles. The van der Waals surface area contributed by atoms with Crippen molar-refractivity contribution in [3.8, 4) is 0 Å². The van der Waals surface area contributed by atoms with Crippen molar-refractivity contribution in [3.05, 3.63) is 28.8 Å². The normalized spacial score (nSPS) is 11.1. The lowest BCUT2D eigenvalue weighted by Gasteiger charge is -2.11. The predicted molar refractivity (Wildman–Crippen MR) is 44.8 cm³/mol. The van der Waals surface area contributed by atoms with Gasteiger partial charge in [-0.1, -0.05) is 13.8 Å². The maximum Gasteiger partial charge on any atom is 0.185 e. The van der Waals surface area contributed by atoms with Crippen LogP contribution in [0.25, 0.3) is 0 Å². The summed E-state index contributed by atoms with van der Waals surface area (Å²) in [5, 5.41) is 0. The Bertz CT molecular complexity index is 345. The summed E-state index contributed by atoms with van der Waals surface area (Å²) < 4.78 is 52.0. The van der Waals surface area contributed by atoms with Crippen LogP contribution in [0, 0.1) is 23.3 Å². The number of hydrogen-bond donors (Lipinski definition) is 1. The van der Waals surface area contributed by atoms with E-state index in [9.17, 15) is 17.6 Å². The van der Waals surface area contributed by atoms with Gasteiger partial charge in [-0.3, -0.25) is 0 Å². The molecule has 0 saturated heterocycles. The van der Waals surface area contributed by atoms with Crippen molar-refractivity contribution in [3.63, 3.8) is 0 Å². The Balaban J connectivity index is 3.60. The highest BCUT2D eigenvalue weighted by Gasteiger charge is 2.24. The average Bonchev–Trinajstić information content (AvgIpc) is 2.11. The first kappa shape index (κ1) is 10.8. The Labute approximate surface area is 78.5 Å². The number of anilines is 1. The van der Waals surface area contributed by atoms with Crippen LogP contribution in [0.5, 0.6) is 0 Å². The summed E-state index contributed by atoms with van der Waals surface area (Å²) in [6, 6.07) is 0. The fourth-order valence-corrected chi connectivity index (χ4v) is 1.17. The Hall–Kier alpha value is -1.26. The molecule has 1 rings (SSSR count). The van der Waals surface area contributed by atoms with E-state index < -0.39 is 40.4 Å². The number of halogens is 4. The minimum atomic E-state index is -1.53. The van der Waals surface area contributed by atoms with E-state index in [1.54, 1.807) is 0 Å². The minimum absolute atomic E-state index is 0.616. The molecule has 0 bridgehead atoms. The molecule has 1 aromatic rings. The average molecular weight is 207 g/mol. The molecule has 0 aliphatic rings. The van der Waals surface area contributed by atoms with Crippen LogP contribution in [0.1, 0.15) is 25.3 Å². The van der Waals surface area contributed by atoms with Gasteiger partial charge in [0, 0.05) is 5.56 Å². The molecule has 0 aliphatic heterocycles. The van der Waals surface area contributed by atoms with Gasteiger partial charge in [-0.15, -0.1) is 0 Å². The number of benzene rings is 1. The van der Waals surface area contributed by atoms with Crippen molar-refractivity contribution in [1.82, 2.24) is 0 Å². The molecule has 0 unspecified atom stereocenters. The van der Waals surface area contributed by atoms with Gasteiger partial charge in [-0.05, 0) is 5.92 Å². The fourth-order valence-electron chi connectivity index (χ4n) is 1.17. The lowest BCUT2D eigenvalue weighted by atomic mass is 10.0. The molecule has 0 fully saturated rings. The van der Waals surface area contributed by atoms with Crippen molar-refractivity contribution in [2.75, 3.05) is 5.73 Å². The van der Waals surface area contributed by atoms with Crippen LogP contribution >= 0.6 is 0 Å². The van der Waals surface area contributed by atoms with Crippen LogP contribution in [-0.2, 0) is 0 Å². The monoisotopic (exact) mass is 207 g/mol. The molecule has 0 amide bonds. The van der Waals surface area contributed by atoms with Crippen LogP contribution in [0.15, 0.2) is 0 Å². The van der Waals surface area contributed by atoms with Gasteiger partial charge in [0.1, 0.15) is 5.69 Å². The summed E-state index contributed by atoms with van der Waals surface area (Å²) in [6.45, 7) is 2.85. The van der Waals surface area contributed by atoms with E-state index in [1.807, 2.05) is 0 Å². The highest BCUT2D eigenvalue weighted by molar-refractivity contribution is 5.45. The molecule has 78 valence electrons. The first-order valence-electron chi connectivity index (χ1n) is 3.99. The third-order valence-electron chi connectivity index (χ3n) is 1.91. The molecule has 1 aromatic carbocycles. The van der Waals surface area contributed by atoms with E-state index in [2.05, 4.69) is 0 Å². The molecule has 5 heteroatoms. The summed E-state index contributed by atoms with van der Waals surface area (Å²) in [5.41, 5.74) is 3.09. The number of hydrogen-bond acceptors (Lipinski definition) is 1. The van der Waals surface area contributed by atoms with Crippen LogP contribution < -0.4 is 5.73 Å². The third-order valence-corrected chi connectivity index (χ3v) is 1.91. The lowest BCUT2D eigenvalue weighted by Crippen LogP contribution is -2.09. The smallest absolute Gasteiger partial charge is 0.185 e.